The molecule has 1 saturated heterocycles. The fourth-order valence-corrected chi connectivity index (χ4v) is 4.12. The third kappa shape index (κ3) is 3.70. The summed E-state index contributed by atoms with van der Waals surface area (Å²) in [5.74, 6) is 0. The van der Waals surface area contributed by atoms with Crippen LogP contribution >= 0.6 is 22.9 Å². The van der Waals surface area contributed by atoms with Gasteiger partial charge in [-0.2, -0.15) is 0 Å². The summed E-state index contributed by atoms with van der Waals surface area (Å²) in [4.78, 5) is 3.88. The zero-order chi connectivity index (χ0) is 13.0. The van der Waals surface area contributed by atoms with E-state index in [-0.39, 0.29) is 6.04 Å². The van der Waals surface area contributed by atoms with Gasteiger partial charge >= 0.3 is 0 Å². The quantitative estimate of drug-likeness (QED) is 0.908. The Kier molecular flexibility index (Phi) is 5.49. The summed E-state index contributed by atoms with van der Waals surface area (Å²) in [6.07, 6.45) is 6.69. The molecular formula is C14H23ClN2S. The first kappa shape index (κ1) is 14.3. The molecule has 0 bridgehead atoms. The highest BCUT2D eigenvalue weighted by atomic mass is 35.5. The Bertz CT molecular complexity index is 356. The molecule has 4 heteroatoms. The highest BCUT2D eigenvalue weighted by Gasteiger charge is 2.25. The normalized spacial score (nSPS) is 22.2. The monoisotopic (exact) mass is 286 g/mol. The molecule has 2 atom stereocenters. The van der Waals surface area contributed by atoms with E-state index in [4.69, 9.17) is 17.3 Å². The number of nitrogens with zero attached hydrogens (tertiary/aromatic N) is 1. The van der Waals surface area contributed by atoms with Gasteiger partial charge in [0.05, 0.1) is 10.4 Å². The summed E-state index contributed by atoms with van der Waals surface area (Å²) in [6.45, 7) is 4.44. The van der Waals surface area contributed by atoms with Gasteiger partial charge in [-0.3, -0.25) is 4.90 Å². The maximum absolute atomic E-state index is 6.22. The van der Waals surface area contributed by atoms with Crippen molar-refractivity contribution in [3.63, 3.8) is 0 Å². The third-order valence-corrected chi connectivity index (χ3v) is 4.97. The standard InChI is InChI=1S/C14H23ClN2S/c1-11(16)14(12-7-8-13(15)18-12)17-9-5-3-2-4-6-10-17/h7-8,11,14H,2-6,9-10,16H2,1H3. The molecule has 0 spiro atoms. The molecule has 0 amide bonds. The second-order valence-corrected chi connectivity index (χ2v) is 7.00. The zero-order valence-electron chi connectivity index (χ0n) is 11.1. The van der Waals surface area contributed by atoms with Crippen molar-refractivity contribution >= 4 is 22.9 Å². The molecule has 1 fully saturated rings. The van der Waals surface area contributed by atoms with Gasteiger partial charge in [0.1, 0.15) is 0 Å². The van der Waals surface area contributed by atoms with E-state index in [1.807, 2.05) is 6.07 Å². The van der Waals surface area contributed by atoms with Gasteiger partial charge in [0.25, 0.3) is 0 Å². The first-order valence-electron chi connectivity index (χ1n) is 6.93. The molecule has 2 heterocycles. The summed E-state index contributed by atoms with van der Waals surface area (Å²) in [5.41, 5.74) is 6.22. The van der Waals surface area contributed by atoms with E-state index in [2.05, 4.69) is 17.9 Å². The number of likely N-dealkylation sites (tertiary alicyclic amines) is 1. The fourth-order valence-electron chi connectivity index (χ4n) is 2.81. The van der Waals surface area contributed by atoms with E-state index in [0.717, 1.165) is 4.34 Å². The van der Waals surface area contributed by atoms with Crippen LogP contribution in [0.1, 0.15) is 49.9 Å². The molecule has 2 N–H and O–H groups in total. The number of halogens is 1. The van der Waals surface area contributed by atoms with Crippen LogP contribution in [0.2, 0.25) is 4.34 Å². The average molecular weight is 287 g/mol. The predicted octanol–water partition coefficient (Wildman–Crippen LogP) is 4.06. The summed E-state index contributed by atoms with van der Waals surface area (Å²) < 4.78 is 0.864. The molecule has 0 aliphatic carbocycles. The van der Waals surface area contributed by atoms with E-state index in [0.29, 0.717) is 6.04 Å². The number of rotatable bonds is 3. The van der Waals surface area contributed by atoms with Gasteiger partial charge in [0.2, 0.25) is 0 Å². The van der Waals surface area contributed by atoms with Crippen LogP contribution in [0.15, 0.2) is 12.1 Å². The lowest BCUT2D eigenvalue weighted by molar-refractivity contribution is 0.164. The van der Waals surface area contributed by atoms with Gasteiger partial charge in [0.15, 0.2) is 0 Å². The molecule has 0 saturated carbocycles. The van der Waals surface area contributed by atoms with Crippen molar-refractivity contribution < 1.29 is 0 Å². The van der Waals surface area contributed by atoms with Gasteiger partial charge < -0.3 is 5.73 Å². The van der Waals surface area contributed by atoms with Crippen molar-refractivity contribution in [1.29, 1.82) is 0 Å². The first-order valence-corrected chi connectivity index (χ1v) is 8.13. The van der Waals surface area contributed by atoms with Gasteiger partial charge in [-0.25, -0.2) is 0 Å². The van der Waals surface area contributed by atoms with Crippen molar-refractivity contribution in [2.75, 3.05) is 13.1 Å². The zero-order valence-corrected chi connectivity index (χ0v) is 12.6. The Hall–Kier alpha value is -0.0900. The van der Waals surface area contributed by atoms with Gasteiger partial charge in [-0.1, -0.05) is 30.9 Å². The minimum atomic E-state index is 0.152. The molecule has 0 aromatic carbocycles. The number of thiophene rings is 1. The molecule has 18 heavy (non-hydrogen) atoms. The summed E-state index contributed by atoms with van der Waals surface area (Å²) in [7, 11) is 0. The Labute approximate surface area is 119 Å². The minimum absolute atomic E-state index is 0.152. The van der Waals surface area contributed by atoms with Crippen LogP contribution in [0.3, 0.4) is 0 Å². The molecule has 1 aliphatic heterocycles. The molecule has 102 valence electrons. The van der Waals surface area contributed by atoms with Crippen LogP contribution in [-0.2, 0) is 0 Å². The average Bonchev–Trinajstić information content (AvgIpc) is 2.67. The lowest BCUT2D eigenvalue weighted by Gasteiger charge is -2.34. The molecule has 1 aliphatic rings. The van der Waals surface area contributed by atoms with Gasteiger partial charge in [-0.15, -0.1) is 11.3 Å². The maximum atomic E-state index is 6.22. The third-order valence-electron chi connectivity index (χ3n) is 3.67. The van der Waals surface area contributed by atoms with Gasteiger partial charge in [-0.05, 0) is 45.0 Å². The molecule has 2 rings (SSSR count). The van der Waals surface area contributed by atoms with E-state index < -0.39 is 0 Å². The smallest absolute Gasteiger partial charge is 0.0931 e. The topological polar surface area (TPSA) is 29.3 Å². The van der Waals surface area contributed by atoms with Crippen LogP contribution in [0.25, 0.3) is 0 Å². The van der Waals surface area contributed by atoms with Crippen molar-refractivity contribution in [2.45, 2.75) is 51.1 Å². The molecule has 0 radical (unpaired) electrons. The molecular weight excluding hydrogens is 264 g/mol. The maximum Gasteiger partial charge on any atom is 0.0931 e. The number of nitrogens with two attached hydrogens (primary N) is 1. The van der Waals surface area contributed by atoms with Crippen LogP contribution in [0.5, 0.6) is 0 Å². The predicted molar refractivity (Wildman–Crippen MR) is 80.4 cm³/mol. The highest BCUT2D eigenvalue weighted by molar-refractivity contribution is 7.16. The van der Waals surface area contributed by atoms with Crippen molar-refractivity contribution in [3.8, 4) is 0 Å². The minimum Gasteiger partial charge on any atom is -0.326 e. The Morgan fingerprint density at radius 1 is 1.17 bits per heavy atom. The summed E-state index contributed by atoms with van der Waals surface area (Å²) in [5, 5.41) is 0. The lowest BCUT2D eigenvalue weighted by Crippen LogP contribution is -2.40. The molecule has 2 nitrogen and oxygen atoms in total. The molecule has 1 aromatic rings. The van der Waals surface area contributed by atoms with E-state index in [1.54, 1.807) is 11.3 Å². The Balaban J connectivity index is 2.12. The SMILES string of the molecule is CC(N)C(c1ccc(Cl)s1)N1CCCCCCC1. The lowest BCUT2D eigenvalue weighted by atomic mass is 10.0. The van der Waals surface area contributed by atoms with E-state index in [9.17, 15) is 0 Å². The number of hydrogen-bond donors (Lipinski definition) is 1. The Morgan fingerprint density at radius 2 is 1.78 bits per heavy atom. The van der Waals surface area contributed by atoms with Crippen LogP contribution in [0.4, 0.5) is 0 Å². The van der Waals surface area contributed by atoms with Crippen molar-refractivity contribution in [2.24, 2.45) is 5.73 Å². The van der Waals surface area contributed by atoms with E-state index in [1.165, 1.54) is 50.1 Å². The fraction of sp³-hybridized carbons (Fsp3) is 0.714. The molecule has 1 aromatic heterocycles. The van der Waals surface area contributed by atoms with Crippen LogP contribution < -0.4 is 5.73 Å². The first-order chi connectivity index (χ1) is 8.68. The van der Waals surface area contributed by atoms with Crippen molar-refractivity contribution in [1.82, 2.24) is 4.90 Å². The molecule has 2 unspecified atom stereocenters. The number of hydrogen-bond acceptors (Lipinski definition) is 3. The van der Waals surface area contributed by atoms with Crippen molar-refractivity contribution in [3.05, 3.63) is 21.3 Å². The summed E-state index contributed by atoms with van der Waals surface area (Å²) in [6, 6.07) is 4.61. The Morgan fingerprint density at radius 3 is 2.28 bits per heavy atom. The van der Waals surface area contributed by atoms with Crippen LogP contribution in [0, 0.1) is 0 Å². The highest BCUT2D eigenvalue weighted by Crippen LogP contribution is 2.33. The second-order valence-electron chi connectivity index (χ2n) is 5.25. The second kappa shape index (κ2) is 6.90. The van der Waals surface area contributed by atoms with E-state index >= 15 is 0 Å². The summed E-state index contributed by atoms with van der Waals surface area (Å²) >= 11 is 7.74. The van der Waals surface area contributed by atoms with Gasteiger partial charge in [0, 0.05) is 10.9 Å². The largest absolute Gasteiger partial charge is 0.326 e. The van der Waals surface area contributed by atoms with Crippen LogP contribution in [-0.4, -0.2) is 24.0 Å².